The molecule has 16 heavy (non-hydrogen) atoms. The molecule has 0 bridgehead atoms. The average molecular weight is 216 g/mol. The summed E-state index contributed by atoms with van der Waals surface area (Å²) in [5, 5.41) is 11.4. The van der Waals surface area contributed by atoms with Gasteiger partial charge in [0, 0.05) is 0 Å². The van der Waals surface area contributed by atoms with E-state index < -0.39 is 0 Å². The van der Waals surface area contributed by atoms with Gasteiger partial charge in [-0.15, -0.1) is 0 Å². The smallest absolute Gasteiger partial charge is 0.163 e. The van der Waals surface area contributed by atoms with E-state index in [-0.39, 0.29) is 11.5 Å². The molecule has 3 nitrogen and oxygen atoms in total. The maximum absolute atomic E-state index is 11.3. The molecule has 0 atom stereocenters. The highest BCUT2D eigenvalue weighted by molar-refractivity contribution is 6.01. The number of methoxy groups -OCH3 is 1. The highest BCUT2D eigenvalue weighted by atomic mass is 16.5. The number of hydrogen-bond acceptors (Lipinski definition) is 3. The van der Waals surface area contributed by atoms with Crippen LogP contribution in [0.1, 0.15) is 17.3 Å². The molecule has 0 aliphatic heterocycles. The number of carbonyl (C=O) groups excluding carboxylic acids is 1. The lowest BCUT2D eigenvalue weighted by molar-refractivity contribution is 0.101. The lowest BCUT2D eigenvalue weighted by Gasteiger charge is -2.06. The van der Waals surface area contributed by atoms with Gasteiger partial charge in [-0.3, -0.25) is 4.79 Å². The van der Waals surface area contributed by atoms with Crippen LogP contribution in [0.5, 0.6) is 11.5 Å². The number of fused-ring (bicyclic) bond motifs is 1. The topological polar surface area (TPSA) is 46.5 Å². The Morgan fingerprint density at radius 3 is 2.56 bits per heavy atom. The van der Waals surface area contributed by atoms with Crippen LogP contribution in [0, 0.1) is 0 Å². The van der Waals surface area contributed by atoms with E-state index in [9.17, 15) is 9.90 Å². The molecule has 1 N–H and O–H groups in total. The molecular weight excluding hydrogens is 204 g/mol. The summed E-state index contributed by atoms with van der Waals surface area (Å²) in [5.41, 5.74) is 0.334. The van der Waals surface area contributed by atoms with E-state index in [2.05, 4.69) is 0 Å². The molecule has 0 fully saturated rings. The third-order valence-electron chi connectivity index (χ3n) is 2.54. The Morgan fingerprint density at radius 1 is 1.19 bits per heavy atom. The van der Waals surface area contributed by atoms with Gasteiger partial charge in [0.2, 0.25) is 0 Å². The standard InChI is InChI=1S/C13H12O3/c1-8(14)12-6-10-5-11(16-2)4-3-9(10)7-13(12)15/h3-7,15H,1-2H3. The molecule has 2 aromatic carbocycles. The van der Waals surface area contributed by atoms with Crippen molar-refractivity contribution in [3.05, 3.63) is 35.9 Å². The number of ether oxygens (including phenoxy) is 1. The Labute approximate surface area is 93.3 Å². The molecule has 2 rings (SSSR count). The van der Waals surface area contributed by atoms with Gasteiger partial charge in [-0.05, 0) is 42.0 Å². The molecular formula is C13H12O3. The average Bonchev–Trinajstić information content (AvgIpc) is 2.27. The van der Waals surface area contributed by atoms with Crippen molar-refractivity contribution in [1.82, 2.24) is 0 Å². The number of Topliss-reactive ketones (excluding diaryl/α,β-unsaturated/α-hetero) is 1. The second-order valence-corrected chi connectivity index (χ2v) is 3.64. The fraction of sp³-hybridized carbons (Fsp3) is 0.154. The zero-order chi connectivity index (χ0) is 11.7. The Hall–Kier alpha value is -2.03. The van der Waals surface area contributed by atoms with Gasteiger partial charge in [-0.25, -0.2) is 0 Å². The largest absolute Gasteiger partial charge is 0.507 e. The van der Waals surface area contributed by atoms with Crippen molar-refractivity contribution in [3.8, 4) is 11.5 Å². The number of aromatic hydroxyl groups is 1. The molecule has 0 spiro atoms. The first-order chi connectivity index (χ1) is 7.61. The first-order valence-electron chi connectivity index (χ1n) is 4.93. The summed E-state index contributed by atoms with van der Waals surface area (Å²) < 4.78 is 5.11. The van der Waals surface area contributed by atoms with Crippen molar-refractivity contribution >= 4 is 16.6 Å². The summed E-state index contributed by atoms with van der Waals surface area (Å²) in [4.78, 5) is 11.3. The molecule has 0 saturated carbocycles. The van der Waals surface area contributed by atoms with E-state index in [4.69, 9.17) is 4.74 Å². The van der Waals surface area contributed by atoms with Crippen LogP contribution in [0.4, 0.5) is 0 Å². The lowest BCUT2D eigenvalue weighted by Crippen LogP contribution is -1.93. The minimum absolute atomic E-state index is 0.0187. The Bertz CT molecular complexity index is 558. The second-order valence-electron chi connectivity index (χ2n) is 3.64. The minimum atomic E-state index is -0.151. The monoisotopic (exact) mass is 216 g/mol. The SMILES string of the molecule is COc1ccc2cc(O)c(C(C)=O)cc2c1. The van der Waals surface area contributed by atoms with Crippen molar-refractivity contribution in [2.24, 2.45) is 0 Å². The summed E-state index contributed by atoms with van der Waals surface area (Å²) in [6.07, 6.45) is 0. The lowest BCUT2D eigenvalue weighted by atomic mass is 10.0. The zero-order valence-electron chi connectivity index (χ0n) is 9.15. The number of rotatable bonds is 2. The van der Waals surface area contributed by atoms with Crippen LogP contribution in [-0.4, -0.2) is 18.0 Å². The maximum atomic E-state index is 11.3. The van der Waals surface area contributed by atoms with Crippen LogP contribution in [0.15, 0.2) is 30.3 Å². The van der Waals surface area contributed by atoms with Crippen molar-refractivity contribution in [2.45, 2.75) is 6.92 Å². The number of phenolic OH excluding ortho intramolecular Hbond substituents is 1. The third kappa shape index (κ3) is 1.72. The molecule has 0 amide bonds. The zero-order valence-corrected chi connectivity index (χ0v) is 9.15. The number of carbonyl (C=O) groups is 1. The van der Waals surface area contributed by atoms with Crippen molar-refractivity contribution in [2.75, 3.05) is 7.11 Å². The molecule has 82 valence electrons. The molecule has 3 heteroatoms. The van der Waals surface area contributed by atoms with Crippen LogP contribution in [0.2, 0.25) is 0 Å². The van der Waals surface area contributed by atoms with Gasteiger partial charge in [0.15, 0.2) is 5.78 Å². The predicted molar refractivity (Wildman–Crippen MR) is 62.2 cm³/mol. The second kappa shape index (κ2) is 3.85. The Morgan fingerprint density at radius 2 is 1.94 bits per heavy atom. The number of hydrogen-bond donors (Lipinski definition) is 1. The Kier molecular flexibility index (Phi) is 2.52. The van der Waals surface area contributed by atoms with Gasteiger partial charge in [-0.2, -0.15) is 0 Å². The Balaban J connectivity index is 2.70. The molecule has 0 aromatic heterocycles. The number of phenols is 1. The van der Waals surface area contributed by atoms with Gasteiger partial charge < -0.3 is 9.84 Å². The van der Waals surface area contributed by atoms with Crippen LogP contribution >= 0.6 is 0 Å². The van der Waals surface area contributed by atoms with Gasteiger partial charge in [0.1, 0.15) is 11.5 Å². The summed E-state index contributed by atoms with van der Waals surface area (Å²) >= 11 is 0. The predicted octanol–water partition coefficient (Wildman–Crippen LogP) is 2.76. The van der Waals surface area contributed by atoms with Gasteiger partial charge in [0.25, 0.3) is 0 Å². The maximum Gasteiger partial charge on any atom is 0.163 e. The molecule has 0 unspecified atom stereocenters. The van der Waals surface area contributed by atoms with Gasteiger partial charge in [-0.1, -0.05) is 6.07 Å². The van der Waals surface area contributed by atoms with E-state index in [0.29, 0.717) is 5.56 Å². The highest BCUT2D eigenvalue weighted by Crippen LogP contribution is 2.28. The van der Waals surface area contributed by atoms with Crippen LogP contribution in [0.3, 0.4) is 0 Å². The van der Waals surface area contributed by atoms with Crippen LogP contribution in [-0.2, 0) is 0 Å². The molecule has 0 heterocycles. The van der Waals surface area contributed by atoms with E-state index in [1.54, 1.807) is 19.2 Å². The normalized spacial score (nSPS) is 10.4. The van der Waals surface area contributed by atoms with E-state index in [0.717, 1.165) is 16.5 Å². The van der Waals surface area contributed by atoms with Gasteiger partial charge in [0.05, 0.1) is 12.7 Å². The molecule has 0 aliphatic rings. The first-order valence-corrected chi connectivity index (χ1v) is 4.93. The molecule has 0 aliphatic carbocycles. The fourth-order valence-corrected chi connectivity index (χ4v) is 1.67. The summed E-state index contributed by atoms with van der Waals surface area (Å²) in [6, 6.07) is 8.76. The van der Waals surface area contributed by atoms with Crippen LogP contribution < -0.4 is 4.74 Å². The number of benzene rings is 2. The molecule has 0 radical (unpaired) electrons. The highest BCUT2D eigenvalue weighted by Gasteiger charge is 2.08. The van der Waals surface area contributed by atoms with Crippen molar-refractivity contribution < 1.29 is 14.6 Å². The summed E-state index contributed by atoms with van der Waals surface area (Å²) in [7, 11) is 1.59. The molecule has 0 saturated heterocycles. The van der Waals surface area contributed by atoms with E-state index in [1.807, 2.05) is 18.2 Å². The van der Waals surface area contributed by atoms with Crippen molar-refractivity contribution in [1.29, 1.82) is 0 Å². The number of ketones is 1. The van der Waals surface area contributed by atoms with E-state index >= 15 is 0 Å². The van der Waals surface area contributed by atoms with E-state index in [1.165, 1.54) is 6.92 Å². The minimum Gasteiger partial charge on any atom is -0.507 e. The quantitative estimate of drug-likeness (QED) is 0.785. The summed E-state index contributed by atoms with van der Waals surface area (Å²) in [6.45, 7) is 1.43. The van der Waals surface area contributed by atoms with Gasteiger partial charge >= 0.3 is 0 Å². The molecule has 2 aromatic rings. The first kappa shape index (κ1) is 10.5. The summed E-state index contributed by atoms with van der Waals surface area (Å²) in [5.74, 6) is 0.597. The fourth-order valence-electron chi connectivity index (χ4n) is 1.67. The van der Waals surface area contributed by atoms with Crippen LogP contribution in [0.25, 0.3) is 10.8 Å². The van der Waals surface area contributed by atoms with Crippen molar-refractivity contribution in [3.63, 3.8) is 0 Å². The third-order valence-corrected chi connectivity index (χ3v) is 2.54.